The summed E-state index contributed by atoms with van der Waals surface area (Å²) in [6, 6.07) is 3.06. The highest BCUT2D eigenvalue weighted by atomic mass is 16.9. The van der Waals surface area contributed by atoms with E-state index in [0.29, 0.717) is 17.5 Å². The first-order valence-electron chi connectivity index (χ1n) is 13.4. The summed E-state index contributed by atoms with van der Waals surface area (Å²) in [6.07, 6.45) is 3.53. The number of unbranched alkanes of at least 4 members (excludes halogenated alkanes) is 2. The number of carbonyl (C=O) groups is 3. The summed E-state index contributed by atoms with van der Waals surface area (Å²) in [5, 5.41) is 20.7. The van der Waals surface area contributed by atoms with Gasteiger partial charge in [0.05, 0.1) is 18.6 Å². The molecule has 0 radical (unpaired) electrons. The third-order valence-electron chi connectivity index (χ3n) is 8.29. The predicted octanol–water partition coefficient (Wildman–Crippen LogP) is 5.02. The van der Waals surface area contributed by atoms with Crippen LogP contribution in [0.4, 0.5) is 0 Å². The third-order valence-corrected chi connectivity index (χ3v) is 8.29. The minimum absolute atomic E-state index is 0.0147. The molecular formula is C28H39NO9. The number of ketones is 1. The minimum Gasteiger partial charge on any atom is -0.508 e. The lowest BCUT2D eigenvalue weighted by molar-refractivity contribution is -0.757. The summed E-state index contributed by atoms with van der Waals surface area (Å²) >= 11 is 0. The number of phenols is 1. The van der Waals surface area contributed by atoms with Crippen LogP contribution in [0.3, 0.4) is 0 Å². The number of phenolic OH excluding ortho intramolecular Hbond substituents is 1. The van der Waals surface area contributed by atoms with Crippen LogP contribution in [0.15, 0.2) is 12.1 Å². The molecule has 3 fully saturated rings. The standard InChI is InChI=1S/C28H39NO9/c1-6-7-8-11-36-26(33)27(2,3)17-13-22(31)25(18-15-21(30)20-16-19(18)28(20,4)5)23(14-17)38-24(32)10-9-12-37-29(34)35/h13-14,18-20,31H,6-12,15-16H2,1-5H3/t18-,19-,20+/m1/s1. The molecule has 0 aliphatic heterocycles. The van der Waals surface area contributed by atoms with Crippen LogP contribution in [0.5, 0.6) is 11.5 Å². The quantitative estimate of drug-likeness (QED) is 0.122. The molecule has 38 heavy (non-hydrogen) atoms. The Morgan fingerprint density at radius 2 is 1.89 bits per heavy atom. The summed E-state index contributed by atoms with van der Waals surface area (Å²) in [6.45, 7) is 9.52. The van der Waals surface area contributed by atoms with Gasteiger partial charge in [-0.1, -0.05) is 33.6 Å². The van der Waals surface area contributed by atoms with Crippen molar-refractivity contribution in [2.45, 2.75) is 90.9 Å². The summed E-state index contributed by atoms with van der Waals surface area (Å²) < 4.78 is 11.2. The SMILES string of the molecule is CCCCCOC(=O)C(C)(C)c1cc(O)c([C@@H]2CC(=O)[C@@H]3C[C@H]2C3(C)C)c(OC(=O)CCCO[N+](=O)[O-])c1. The molecule has 4 rings (SSSR count). The number of aromatic hydroxyl groups is 1. The van der Waals surface area contributed by atoms with Crippen molar-refractivity contribution in [1.29, 1.82) is 0 Å². The Morgan fingerprint density at radius 1 is 1.18 bits per heavy atom. The van der Waals surface area contributed by atoms with E-state index in [0.717, 1.165) is 19.3 Å². The molecule has 3 saturated carbocycles. The van der Waals surface area contributed by atoms with E-state index in [-0.39, 0.29) is 72.9 Å². The second-order valence-corrected chi connectivity index (χ2v) is 11.5. The number of hydrogen-bond donors (Lipinski definition) is 1. The van der Waals surface area contributed by atoms with Crippen molar-refractivity contribution in [2.24, 2.45) is 17.3 Å². The topological polar surface area (TPSA) is 142 Å². The normalized spacial score (nSPS) is 21.8. The van der Waals surface area contributed by atoms with Gasteiger partial charge in [-0.15, -0.1) is 10.1 Å². The Kier molecular flexibility index (Phi) is 9.05. The lowest BCUT2D eigenvalue weighted by Gasteiger charge is -2.59. The molecular weight excluding hydrogens is 494 g/mol. The van der Waals surface area contributed by atoms with Gasteiger partial charge in [0.25, 0.3) is 5.09 Å². The fourth-order valence-electron chi connectivity index (χ4n) is 5.77. The highest BCUT2D eigenvalue weighted by molar-refractivity contribution is 5.87. The molecule has 0 aromatic heterocycles. The fraction of sp³-hybridized carbons (Fsp3) is 0.679. The van der Waals surface area contributed by atoms with E-state index < -0.39 is 22.4 Å². The van der Waals surface area contributed by atoms with Crippen molar-refractivity contribution in [3.8, 4) is 11.5 Å². The van der Waals surface area contributed by atoms with Gasteiger partial charge in [-0.2, -0.15) is 0 Å². The van der Waals surface area contributed by atoms with Gasteiger partial charge in [0, 0.05) is 30.2 Å². The molecule has 0 heterocycles. The van der Waals surface area contributed by atoms with Gasteiger partial charge in [-0.25, -0.2) is 0 Å². The highest BCUT2D eigenvalue weighted by Gasteiger charge is 2.59. The molecule has 10 nitrogen and oxygen atoms in total. The first-order valence-corrected chi connectivity index (χ1v) is 13.4. The van der Waals surface area contributed by atoms with Gasteiger partial charge in [0.1, 0.15) is 17.3 Å². The van der Waals surface area contributed by atoms with Crippen LogP contribution in [0.2, 0.25) is 0 Å². The number of hydrogen-bond acceptors (Lipinski definition) is 9. The smallest absolute Gasteiger partial charge is 0.315 e. The minimum atomic E-state index is -1.15. The molecule has 1 aromatic carbocycles. The zero-order valence-corrected chi connectivity index (χ0v) is 22.9. The Labute approximate surface area is 223 Å². The van der Waals surface area contributed by atoms with Gasteiger partial charge in [-0.3, -0.25) is 14.4 Å². The van der Waals surface area contributed by atoms with Crippen molar-refractivity contribution in [3.63, 3.8) is 0 Å². The van der Waals surface area contributed by atoms with Crippen molar-refractivity contribution >= 4 is 17.7 Å². The van der Waals surface area contributed by atoms with Crippen LogP contribution in [-0.2, 0) is 29.4 Å². The van der Waals surface area contributed by atoms with Crippen molar-refractivity contribution in [3.05, 3.63) is 33.4 Å². The van der Waals surface area contributed by atoms with Crippen molar-refractivity contribution in [2.75, 3.05) is 13.2 Å². The van der Waals surface area contributed by atoms with E-state index in [1.54, 1.807) is 19.9 Å². The van der Waals surface area contributed by atoms with Gasteiger partial charge in [-0.05, 0) is 62.1 Å². The van der Waals surface area contributed by atoms with Gasteiger partial charge >= 0.3 is 11.9 Å². The number of Topliss-reactive ketones (excluding diaryl/α,β-unsaturated/α-hetero) is 1. The number of benzene rings is 1. The Bertz CT molecular complexity index is 1080. The van der Waals surface area contributed by atoms with E-state index in [1.807, 2.05) is 13.8 Å². The number of carbonyl (C=O) groups excluding carboxylic acids is 3. The third kappa shape index (κ3) is 6.10. The molecule has 0 spiro atoms. The predicted molar refractivity (Wildman–Crippen MR) is 137 cm³/mol. The summed E-state index contributed by atoms with van der Waals surface area (Å²) in [5.41, 5.74) is -0.605. The molecule has 10 heteroatoms. The zero-order valence-electron chi connectivity index (χ0n) is 22.9. The molecule has 3 aliphatic carbocycles. The van der Waals surface area contributed by atoms with Crippen molar-refractivity contribution in [1.82, 2.24) is 0 Å². The summed E-state index contributed by atoms with van der Waals surface area (Å²) in [5.74, 6) is -1.31. The first kappa shape index (κ1) is 29.4. The maximum atomic E-state index is 13.0. The lowest BCUT2D eigenvalue weighted by atomic mass is 9.44. The number of fused-ring (bicyclic) bond motifs is 2. The number of ether oxygens (including phenoxy) is 2. The Balaban J connectivity index is 1.92. The second-order valence-electron chi connectivity index (χ2n) is 11.5. The van der Waals surface area contributed by atoms with Crippen molar-refractivity contribution < 1.29 is 38.9 Å². The van der Waals surface area contributed by atoms with E-state index in [2.05, 4.69) is 11.8 Å². The summed E-state index contributed by atoms with van der Waals surface area (Å²) in [4.78, 5) is 53.1. The lowest BCUT2D eigenvalue weighted by Crippen LogP contribution is -2.56. The zero-order chi connectivity index (χ0) is 28.3. The van der Waals surface area contributed by atoms with Gasteiger partial charge in [0.15, 0.2) is 0 Å². The first-order chi connectivity index (χ1) is 17.8. The van der Waals surface area contributed by atoms with E-state index >= 15 is 0 Å². The number of rotatable bonds is 13. The van der Waals surface area contributed by atoms with E-state index in [4.69, 9.17) is 9.47 Å². The average Bonchev–Trinajstić information content (AvgIpc) is 2.83. The molecule has 2 bridgehead atoms. The van der Waals surface area contributed by atoms with Crippen LogP contribution in [0, 0.1) is 27.4 Å². The molecule has 210 valence electrons. The molecule has 1 aromatic rings. The highest BCUT2D eigenvalue weighted by Crippen LogP contribution is 2.64. The Hall–Kier alpha value is -3.17. The molecule has 1 N–H and O–H groups in total. The van der Waals surface area contributed by atoms with Gasteiger partial charge in [0.2, 0.25) is 0 Å². The van der Waals surface area contributed by atoms with Crippen LogP contribution in [0.1, 0.15) is 96.6 Å². The van der Waals surface area contributed by atoms with Crippen LogP contribution >= 0.6 is 0 Å². The summed E-state index contributed by atoms with van der Waals surface area (Å²) in [7, 11) is 0. The number of nitrogens with zero attached hydrogens (tertiary/aromatic N) is 1. The maximum absolute atomic E-state index is 13.0. The largest absolute Gasteiger partial charge is 0.508 e. The van der Waals surface area contributed by atoms with Crippen LogP contribution in [-0.4, -0.2) is 41.1 Å². The average molecular weight is 534 g/mol. The molecule has 0 saturated heterocycles. The van der Waals surface area contributed by atoms with E-state index in [1.165, 1.54) is 6.07 Å². The number of esters is 2. The molecule has 0 unspecified atom stereocenters. The second kappa shape index (κ2) is 11.7. The Morgan fingerprint density at radius 3 is 2.50 bits per heavy atom. The fourth-order valence-corrected chi connectivity index (χ4v) is 5.77. The molecule has 3 atom stereocenters. The van der Waals surface area contributed by atoms with Crippen LogP contribution in [0.25, 0.3) is 0 Å². The molecule has 0 amide bonds. The van der Waals surface area contributed by atoms with Gasteiger partial charge < -0.3 is 19.4 Å². The maximum Gasteiger partial charge on any atom is 0.315 e. The monoisotopic (exact) mass is 533 g/mol. The van der Waals surface area contributed by atoms with Crippen LogP contribution < -0.4 is 4.74 Å². The molecule has 3 aliphatic rings. The van der Waals surface area contributed by atoms with E-state index in [9.17, 15) is 29.6 Å².